The number of benzene rings is 3. The number of nitrogens with zero attached hydrogens (tertiary/aromatic N) is 1. The summed E-state index contributed by atoms with van der Waals surface area (Å²) in [7, 11) is -4.13. The van der Waals surface area contributed by atoms with Gasteiger partial charge in [-0.1, -0.05) is 41.5 Å². The lowest BCUT2D eigenvalue weighted by atomic mass is 10.1. The smallest absolute Gasteiger partial charge is 0.339 e. The fourth-order valence-electron chi connectivity index (χ4n) is 3.58. The van der Waals surface area contributed by atoms with Crippen LogP contribution in [-0.2, 0) is 19.7 Å². The summed E-state index contributed by atoms with van der Waals surface area (Å²) >= 11 is 0. The maximum Gasteiger partial charge on any atom is 0.339 e. The Hall–Kier alpha value is -4.44. The van der Waals surface area contributed by atoms with Crippen molar-refractivity contribution in [2.45, 2.75) is 25.7 Å². The van der Waals surface area contributed by atoms with Crippen molar-refractivity contribution in [2.75, 3.05) is 11.5 Å². The number of ether oxygens (including phenoxy) is 1. The Kier molecular flexibility index (Phi) is 7.12. The second-order valence-corrected chi connectivity index (χ2v) is 9.83. The lowest BCUT2D eigenvalue weighted by Crippen LogP contribution is -2.54. The van der Waals surface area contributed by atoms with E-state index in [0.717, 1.165) is 16.0 Å². The fourth-order valence-corrected chi connectivity index (χ4v) is 4.51. The molecular weight excluding hydrogens is 496 g/mol. The molecule has 4 amide bonds. The van der Waals surface area contributed by atoms with Crippen molar-refractivity contribution in [2.24, 2.45) is 0 Å². The molecule has 0 unspecified atom stereocenters. The summed E-state index contributed by atoms with van der Waals surface area (Å²) in [5, 5.41) is 2.17. The lowest BCUT2D eigenvalue weighted by molar-refractivity contribution is -0.122. The first-order valence-corrected chi connectivity index (χ1v) is 12.8. The SMILES string of the molecule is CCOc1cc(/C=C2\C(=O)NC(=O)N(c3ccc(C)cc3)C2=O)ccc1OS(=O)(=O)c1ccc(C)cc1. The van der Waals surface area contributed by atoms with Gasteiger partial charge in [0.15, 0.2) is 11.5 Å². The number of barbiturate groups is 1. The van der Waals surface area contributed by atoms with E-state index in [0.29, 0.717) is 11.3 Å². The first-order chi connectivity index (χ1) is 17.6. The molecule has 1 aliphatic heterocycles. The molecule has 1 fully saturated rings. The van der Waals surface area contributed by atoms with E-state index in [2.05, 4.69) is 5.32 Å². The lowest BCUT2D eigenvalue weighted by Gasteiger charge is -2.26. The largest absolute Gasteiger partial charge is 0.490 e. The Labute approximate surface area is 214 Å². The Bertz CT molecular complexity index is 1510. The highest BCUT2D eigenvalue weighted by molar-refractivity contribution is 7.87. The highest BCUT2D eigenvalue weighted by Crippen LogP contribution is 2.32. The van der Waals surface area contributed by atoms with Gasteiger partial charge in [-0.25, -0.2) is 9.69 Å². The maximum atomic E-state index is 13.1. The van der Waals surface area contributed by atoms with Crippen molar-refractivity contribution in [3.05, 3.63) is 89.0 Å². The minimum absolute atomic E-state index is 0.0166. The van der Waals surface area contributed by atoms with Crippen LogP contribution in [0.15, 0.2) is 77.2 Å². The molecule has 3 aromatic carbocycles. The van der Waals surface area contributed by atoms with Crippen LogP contribution in [0, 0.1) is 13.8 Å². The quantitative estimate of drug-likeness (QED) is 0.283. The molecule has 4 rings (SSSR count). The Morgan fingerprint density at radius 1 is 0.865 bits per heavy atom. The molecule has 3 aromatic rings. The molecule has 1 saturated heterocycles. The number of hydrogen-bond donors (Lipinski definition) is 1. The van der Waals surface area contributed by atoms with Crippen LogP contribution in [0.4, 0.5) is 10.5 Å². The third-order valence-corrected chi connectivity index (χ3v) is 6.73. The van der Waals surface area contributed by atoms with E-state index in [9.17, 15) is 22.8 Å². The number of amides is 4. The van der Waals surface area contributed by atoms with E-state index in [1.165, 1.54) is 36.4 Å². The van der Waals surface area contributed by atoms with Gasteiger partial charge >= 0.3 is 16.1 Å². The zero-order valence-corrected chi connectivity index (χ0v) is 21.2. The summed E-state index contributed by atoms with van der Waals surface area (Å²) in [6.45, 7) is 5.62. The van der Waals surface area contributed by atoms with Crippen LogP contribution < -0.4 is 19.1 Å². The van der Waals surface area contributed by atoms with Crippen molar-refractivity contribution >= 4 is 39.7 Å². The molecule has 0 aliphatic carbocycles. The number of urea groups is 1. The summed E-state index contributed by atoms with van der Waals surface area (Å²) in [6, 6.07) is 16.3. The number of carbonyl (C=O) groups is 3. The molecule has 10 heteroatoms. The van der Waals surface area contributed by atoms with E-state index >= 15 is 0 Å². The van der Waals surface area contributed by atoms with Gasteiger partial charge in [0.05, 0.1) is 12.3 Å². The molecule has 9 nitrogen and oxygen atoms in total. The van der Waals surface area contributed by atoms with Crippen LogP contribution in [0.3, 0.4) is 0 Å². The van der Waals surface area contributed by atoms with Crippen LogP contribution in [0.1, 0.15) is 23.6 Å². The zero-order chi connectivity index (χ0) is 26.7. The standard InChI is InChI=1S/C27H24N2O7S/c1-4-35-24-16-19(9-14-23(24)36-37(33,34)21-12-7-18(3)8-13-21)15-22-25(30)28-27(32)29(26(22)31)20-10-5-17(2)6-11-20/h5-16H,4H2,1-3H3,(H,28,30,32)/b22-15+. The average molecular weight is 521 g/mol. The maximum absolute atomic E-state index is 13.1. The van der Waals surface area contributed by atoms with Crippen molar-refractivity contribution in [1.82, 2.24) is 5.32 Å². The van der Waals surface area contributed by atoms with Gasteiger partial charge in [-0.05, 0) is 68.8 Å². The molecule has 0 radical (unpaired) electrons. The van der Waals surface area contributed by atoms with Crippen molar-refractivity contribution < 1.29 is 31.7 Å². The molecule has 1 heterocycles. The van der Waals surface area contributed by atoms with Gasteiger partial charge in [0.25, 0.3) is 11.8 Å². The van der Waals surface area contributed by atoms with Crippen molar-refractivity contribution in [3.8, 4) is 11.5 Å². The number of carbonyl (C=O) groups excluding carboxylic acids is 3. The summed E-state index contributed by atoms with van der Waals surface area (Å²) in [5.41, 5.74) is 2.24. The minimum Gasteiger partial charge on any atom is -0.490 e. The second kappa shape index (κ2) is 10.3. The highest BCUT2D eigenvalue weighted by atomic mass is 32.2. The molecule has 37 heavy (non-hydrogen) atoms. The average Bonchev–Trinajstić information content (AvgIpc) is 2.84. The number of hydrogen-bond acceptors (Lipinski definition) is 7. The number of nitrogens with one attached hydrogen (secondary N) is 1. The van der Waals surface area contributed by atoms with Gasteiger partial charge in [-0.15, -0.1) is 0 Å². The predicted octanol–water partition coefficient (Wildman–Crippen LogP) is 4.14. The normalized spacial score (nSPS) is 15.1. The number of imide groups is 2. The third-order valence-electron chi connectivity index (χ3n) is 5.48. The highest BCUT2D eigenvalue weighted by Gasteiger charge is 2.36. The van der Waals surface area contributed by atoms with Crippen LogP contribution in [0.2, 0.25) is 0 Å². The van der Waals surface area contributed by atoms with Crippen LogP contribution in [0.5, 0.6) is 11.5 Å². The van der Waals surface area contributed by atoms with E-state index in [1.807, 2.05) is 13.8 Å². The van der Waals surface area contributed by atoms with E-state index < -0.39 is 28.0 Å². The monoisotopic (exact) mass is 520 g/mol. The van der Waals surface area contributed by atoms with E-state index in [1.54, 1.807) is 43.3 Å². The molecule has 0 bridgehead atoms. The fraction of sp³-hybridized carbons (Fsp3) is 0.148. The molecule has 0 aromatic heterocycles. The number of rotatable bonds is 7. The molecule has 0 atom stereocenters. The van der Waals surface area contributed by atoms with Crippen molar-refractivity contribution in [1.29, 1.82) is 0 Å². The summed E-state index contributed by atoms with van der Waals surface area (Å²) in [5.74, 6) is -1.60. The Morgan fingerprint density at radius 3 is 2.11 bits per heavy atom. The molecule has 0 spiro atoms. The van der Waals surface area contributed by atoms with Gasteiger partial charge in [-0.3, -0.25) is 14.9 Å². The summed E-state index contributed by atoms with van der Waals surface area (Å²) in [6.07, 6.45) is 1.30. The van der Waals surface area contributed by atoms with Gasteiger partial charge < -0.3 is 8.92 Å². The Morgan fingerprint density at radius 2 is 1.49 bits per heavy atom. The first-order valence-electron chi connectivity index (χ1n) is 11.3. The topological polar surface area (TPSA) is 119 Å². The van der Waals surface area contributed by atoms with Crippen molar-refractivity contribution in [3.63, 3.8) is 0 Å². The van der Waals surface area contributed by atoms with Crippen LogP contribution in [-0.4, -0.2) is 32.9 Å². The predicted molar refractivity (Wildman–Crippen MR) is 137 cm³/mol. The molecular formula is C27H24N2O7S. The minimum atomic E-state index is -4.13. The zero-order valence-electron chi connectivity index (χ0n) is 20.3. The van der Waals surface area contributed by atoms with Gasteiger partial charge in [-0.2, -0.15) is 8.42 Å². The summed E-state index contributed by atoms with van der Waals surface area (Å²) in [4.78, 5) is 38.9. The number of aryl methyl sites for hydroxylation is 2. The van der Waals surface area contributed by atoms with Gasteiger partial charge in [0.2, 0.25) is 0 Å². The molecule has 1 N–H and O–H groups in total. The van der Waals surface area contributed by atoms with E-state index in [-0.39, 0.29) is 28.6 Å². The van der Waals surface area contributed by atoms with Gasteiger partial charge in [0.1, 0.15) is 10.5 Å². The number of anilines is 1. The second-order valence-electron chi connectivity index (χ2n) is 8.28. The van der Waals surface area contributed by atoms with Gasteiger partial charge in [0, 0.05) is 0 Å². The molecule has 0 saturated carbocycles. The molecule has 1 aliphatic rings. The summed E-state index contributed by atoms with van der Waals surface area (Å²) < 4.78 is 36.4. The Balaban J connectivity index is 1.67. The molecule has 190 valence electrons. The van der Waals surface area contributed by atoms with Crippen LogP contribution in [0.25, 0.3) is 6.08 Å². The first kappa shape index (κ1) is 25.6. The van der Waals surface area contributed by atoms with E-state index in [4.69, 9.17) is 8.92 Å². The van der Waals surface area contributed by atoms with Crippen LogP contribution >= 0.6 is 0 Å². The third kappa shape index (κ3) is 5.54.